The van der Waals surface area contributed by atoms with Gasteiger partial charge in [0.2, 0.25) is 0 Å². The van der Waals surface area contributed by atoms with Crippen LogP contribution in [0.1, 0.15) is 15.9 Å². The van der Waals surface area contributed by atoms with E-state index < -0.39 is 35.7 Å². The van der Waals surface area contributed by atoms with Crippen LogP contribution in [0.15, 0.2) is 89.8 Å². The summed E-state index contributed by atoms with van der Waals surface area (Å²) in [4.78, 5) is 35.8. The standard InChI is InChI=1S/C25H24N2O7S/c28-23(16-33-24(29)19-11-13-20(14-12-19)27(31)32)22(17-35-21-9-5-2-6-10-21)26-25(30)34-15-18-7-3-1-4-8-18/h1-14,22-23,28H,15-17H2,(H,26,30)/t22-,23-/m1/s1. The number of carbonyl (C=O) groups excluding carboxylic acids is 2. The Labute approximate surface area is 206 Å². The molecule has 0 aliphatic carbocycles. The third-order valence-corrected chi connectivity index (χ3v) is 5.98. The molecule has 0 aliphatic heterocycles. The first-order valence-corrected chi connectivity index (χ1v) is 11.7. The Balaban J connectivity index is 1.58. The molecule has 2 N–H and O–H groups in total. The number of thioether (sulfide) groups is 1. The minimum Gasteiger partial charge on any atom is -0.459 e. The largest absolute Gasteiger partial charge is 0.459 e. The van der Waals surface area contributed by atoms with Crippen LogP contribution in [0.5, 0.6) is 0 Å². The van der Waals surface area contributed by atoms with Crippen molar-refractivity contribution >= 4 is 29.5 Å². The van der Waals surface area contributed by atoms with Gasteiger partial charge in [-0.15, -0.1) is 11.8 Å². The average Bonchev–Trinajstić information content (AvgIpc) is 2.89. The number of nitrogens with zero attached hydrogens (tertiary/aromatic N) is 1. The van der Waals surface area contributed by atoms with Gasteiger partial charge >= 0.3 is 12.1 Å². The molecule has 0 saturated carbocycles. The van der Waals surface area contributed by atoms with Crippen LogP contribution in [0.3, 0.4) is 0 Å². The lowest BCUT2D eigenvalue weighted by atomic mass is 10.2. The number of esters is 1. The third-order valence-electron chi connectivity index (χ3n) is 4.85. The van der Waals surface area contributed by atoms with E-state index in [1.165, 1.54) is 36.0 Å². The van der Waals surface area contributed by atoms with Crippen LogP contribution >= 0.6 is 11.8 Å². The quantitative estimate of drug-likeness (QED) is 0.175. The maximum absolute atomic E-state index is 12.4. The second kappa shape index (κ2) is 13.1. The van der Waals surface area contributed by atoms with Crippen LogP contribution in [-0.2, 0) is 16.1 Å². The van der Waals surface area contributed by atoms with Crippen molar-refractivity contribution in [3.8, 4) is 0 Å². The SMILES string of the molecule is O=C(N[C@H](CSc1ccccc1)[C@H](O)COC(=O)c1ccc([N+](=O)[O-])cc1)OCc1ccccc1. The summed E-state index contributed by atoms with van der Waals surface area (Å²) in [6.07, 6.45) is -1.94. The smallest absolute Gasteiger partial charge is 0.407 e. The predicted octanol–water partition coefficient (Wildman–Crippen LogP) is 4.20. The normalized spacial score (nSPS) is 12.3. The Morgan fingerprint density at radius 2 is 1.57 bits per heavy atom. The number of hydrogen-bond acceptors (Lipinski definition) is 8. The maximum atomic E-state index is 12.4. The summed E-state index contributed by atoms with van der Waals surface area (Å²) in [7, 11) is 0. The Morgan fingerprint density at radius 3 is 2.20 bits per heavy atom. The van der Waals surface area contributed by atoms with Gasteiger partial charge in [-0.3, -0.25) is 10.1 Å². The van der Waals surface area contributed by atoms with Crippen LogP contribution in [-0.4, -0.2) is 46.6 Å². The molecule has 2 atom stereocenters. The van der Waals surface area contributed by atoms with Gasteiger partial charge in [0.05, 0.1) is 16.5 Å². The summed E-state index contributed by atoms with van der Waals surface area (Å²) in [6, 6.07) is 22.7. The van der Waals surface area contributed by atoms with Crippen molar-refractivity contribution in [2.45, 2.75) is 23.6 Å². The Kier molecular flexibility index (Phi) is 9.64. The summed E-state index contributed by atoms with van der Waals surface area (Å²) in [5, 5.41) is 24.1. The lowest BCUT2D eigenvalue weighted by Gasteiger charge is -2.23. The highest BCUT2D eigenvalue weighted by Crippen LogP contribution is 2.19. The number of nitro groups is 1. The highest BCUT2D eigenvalue weighted by Gasteiger charge is 2.24. The first-order valence-electron chi connectivity index (χ1n) is 10.7. The van der Waals surface area contributed by atoms with Crippen molar-refractivity contribution in [1.82, 2.24) is 5.32 Å². The van der Waals surface area contributed by atoms with E-state index in [9.17, 15) is 24.8 Å². The number of aliphatic hydroxyl groups is 1. The second-order valence-electron chi connectivity index (χ2n) is 7.41. The number of amides is 1. The van der Waals surface area contributed by atoms with Gasteiger partial charge < -0.3 is 19.9 Å². The van der Waals surface area contributed by atoms with Crippen molar-refractivity contribution in [3.63, 3.8) is 0 Å². The highest BCUT2D eigenvalue weighted by molar-refractivity contribution is 7.99. The average molecular weight is 497 g/mol. The molecule has 0 radical (unpaired) electrons. The van der Waals surface area contributed by atoms with Gasteiger partial charge in [-0.2, -0.15) is 0 Å². The topological polar surface area (TPSA) is 128 Å². The van der Waals surface area contributed by atoms with E-state index >= 15 is 0 Å². The molecule has 0 heterocycles. The zero-order chi connectivity index (χ0) is 25.0. The van der Waals surface area contributed by atoms with E-state index in [0.717, 1.165) is 10.5 Å². The second-order valence-corrected chi connectivity index (χ2v) is 8.50. The Bertz CT molecular complexity index is 1110. The van der Waals surface area contributed by atoms with Crippen molar-refractivity contribution in [2.75, 3.05) is 12.4 Å². The lowest BCUT2D eigenvalue weighted by Crippen LogP contribution is -2.47. The summed E-state index contributed by atoms with van der Waals surface area (Å²) in [6.45, 7) is -0.328. The molecule has 35 heavy (non-hydrogen) atoms. The molecule has 3 aromatic rings. The number of rotatable bonds is 11. The van der Waals surface area contributed by atoms with Crippen LogP contribution in [0.4, 0.5) is 10.5 Å². The monoisotopic (exact) mass is 496 g/mol. The van der Waals surface area contributed by atoms with E-state index in [1.54, 1.807) is 0 Å². The molecule has 0 spiro atoms. The van der Waals surface area contributed by atoms with E-state index in [2.05, 4.69) is 5.32 Å². The summed E-state index contributed by atoms with van der Waals surface area (Å²) in [5.74, 6) is -0.458. The fraction of sp³-hybridized carbons (Fsp3) is 0.200. The molecule has 3 aromatic carbocycles. The predicted molar refractivity (Wildman–Crippen MR) is 130 cm³/mol. The Morgan fingerprint density at radius 1 is 0.943 bits per heavy atom. The molecular weight excluding hydrogens is 472 g/mol. The van der Waals surface area contributed by atoms with Gasteiger partial charge in [-0.05, 0) is 29.8 Å². The minimum atomic E-state index is -1.22. The van der Waals surface area contributed by atoms with E-state index in [-0.39, 0.29) is 17.9 Å². The van der Waals surface area contributed by atoms with Gasteiger partial charge in [0.1, 0.15) is 19.3 Å². The number of ether oxygens (including phenoxy) is 2. The molecule has 0 aromatic heterocycles. The number of non-ortho nitro benzene ring substituents is 1. The molecule has 9 nitrogen and oxygen atoms in total. The van der Waals surface area contributed by atoms with Crippen LogP contribution in [0.25, 0.3) is 0 Å². The molecule has 0 bridgehead atoms. The van der Waals surface area contributed by atoms with Crippen molar-refractivity contribution < 1.29 is 29.1 Å². The minimum absolute atomic E-state index is 0.0659. The first-order chi connectivity index (χ1) is 16.9. The summed E-state index contributed by atoms with van der Waals surface area (Å²) in [5.41, 5.74) is 0.765. The number of hydrogen-bond donors (Lipinski definition) is 2. The van der Waals surface area contributed by atoms with Crippen molar-refractivity contribution in [1.29, 1.82) is 0 Å². The number of benzene rings is 3. The molecule has 0 unspecified atom stereocenters. The van der Waals surface area contributed by atoms with E-state index in [1.807, 2.05) is 60.7 Å². The van der Waals surface area contributed by atoms with Crippen LogP contribution in [0, 0.1) is 10.1 Å². The number of nitrogens with one attached hydrogen (secondary N) is 1. The summed E-state index contributed by atoms with van der Waals surface area (Å²) >= 11 is 1.41. The molecule has 1 amide bonds. The van der Waals surface area contributed by atoms with Crippen molar-refractivity contribution in [3.05, 3.63) is 106 Å². The van der Waals surface area contributed by atoms with Crippen molar-refractivity contribution in [2.24, 2.45) is 0 Å². The molecule has 3 rings (SSSR count). The molecule has 0 aliphatic rings. The number of nitro benzene ring substituents is 1. The summed E-state index contributed by atoms with van der Waals surface area (Å²) < 4.78 is 10.4. The molecular formula is C25H24N2O7S. The molecule has 0 fully saturated rings. The van der Waals surface area contributed by atoms with Gasteiger partial charge in [-0.25, -0.2) is 9.59 Å². The number of alkyl carbamates (subject to hydrolysis) is 1. The fourth-order valence-corrected chi connectivity index (χ4v) is 3.97. The molecule has 10 heteroatoms. The van der Waals surface area contributed by atoms with Crippen LogP contribution in [0.2, 0.25) is 0 Å². The van der Waals surface area contributed by atoms with Gasteiger partial charge in [-0.1, -0.05) is 48.5 Å². The van der Waals surface area contributed by atoms with E-state index in [4.69, 9.17) is 9.47 Å². The Hall–Kier alpha value is -3.89. The number of aliphatic hydroxyl groups excluding tert-OH is 1. The highest BCUT2D eigenvalue weighted by atomic mass is 32.2. The third kappa shape index (κ3) is 8.43. The molecule has 0 saturated heterocycles. The zero-order valence-electron chi connectivity index (χ0n) is 18.6. The maximum Gasteiger partial charge on any atom is 0.407 e. The fourth-order valence-electron chi connectivity index (χ4n) is 2.95. The number of carbonyl (C=O) groups is 2. The lowest BCUT2D eigenvalue weighted by molar-refractivity contribution is -0.384. The van der Waals surface area contributed by atoms with E-state index in [0.29, 0.717) is 5.75 Å². The molecule has 182 valence electrons. The van der Waals surface area contributed by atoms with Gasteiger partial charge in [0, 0.05) is 22.8 Å². The van der Waals surface area contributed by atoms with Crippen LogP contribution < -0.4 is 5.32 Å². The first kappa shape index (κ1) is 25.7. The van der Waals surface area contributed by atoms with Gasteiger partial charge in [0.25, 0.3) is 5.69 Å². The van der Waals surface area contributed by atoms with Gasteiger partial charge in [0.15, 0.2) is 0 Å². The zero-order valence-corrected chi connectivity index (χ0v) is 19.4.